The van der Waals surface area contributed by atoms with Crippen LogP contribution in [0.25, 0.3) is 0 Å². The Morgan fingerprint density at radius 2 is 2.21 bits per heavy atom. The van der Waals surface area contributed by atoms with Gasteiger partial charge in [-0.1, -0.05) is 17.7 Å². The van der Waals surface area contributed by atoms with Crippen LogP contribution >= 0.6 is 0 Å². The van der Waals surface area contributed by atoms with Crippen LogP contribution in [0, 0.1) is 13.0 Å². The van der Waals surface area contributed by atoms with Crippen molar-refractivity contribution >= 4 is 11.6 Å². The normalized spacial score (nSPS) is 9.36. The first-order chi connectivity index (χ1) is 6.59. The van der Waals surface area contributed by atoms with Crippen LogP contribution in [0.15, 0.2) is 29.8 Å². The average molecular weight is 188 g/mol. The lowest BCUT2D eigenvalue weighted by molar-refractivity contribution is -0.111. The standard InChI is InChI=1S/C12H14NO/c1-9(2)8-12(14)13-11-7-5-4-6-10(11)3/h4,6-8H,1-3H3,(H,13,14). The van der Waals surface area contributed by atoms with Crippen molar-refractivity contribution in [3.8, 4) is 0 Å². The molecule has 0 heterocycles. The number of allylic oxidation sites excluding steroid dienone is 1. The van der Waals surface area contributed by atoms with Gasteiger partial charge in [-0.3, -0.25) is 4.79 Å². The fraction of sp³-hybridized carbons (Fsp3) is 0.250. The van der Waals surface area contributed by atoms with E-state index in [2.05, 4.69) is 11.4 Å². The number of benzene rings is 1. The Balaban J connectivity index is 2.75. The topological polar surface area (TPSA) is 29.1 Å². The molecule has 2 nitrogen and oxygen atoms in total. The first-order valence-electron chi connectivity index (χ1n) is 4.52. The molecule has 0 bridgehead atoms. The number of hydrogen-bond donors (Lipinski definition) is 1. The zero-order valence-electron chi connectivity index (χ0n) is 8.72. The van der Waals surface area contributed by atoms with Gasteiger partial charge >= 0.3 is 0 Å². The molecule has 0 saturated heterocycles. The molecule has 1 rings (SSSR count). The highest BCUT2D eigenvalue weighted by Gasteiger charge is 2.00. The van der Waals surface area contributed by atoms with Gasteiger partial charge in [0.2, 0.25) is 5.91 Å². The van der Waals surface area contributed by atoms with Gasteiger partial charge in [-0.05, 0) is 38.5 Å². The molecule has 0 saturated carbocycles. The van der Waals surface area contributed by atoms with Crippen LogP contribution in [0.4, 0.5) is 5.69 Å². The molecule has 0 fully saturated rings. The highest BCUT2D eigenvalue weighted by Crippen LogP contribution is 2.12. The predicted molar refractivity (Wildman–Crippen MR) is 58.1 cm³/mol. The number of anilines is 1. The molecule has 0 unspecified atom stereocenters. The van der Waals surface area contributed by atoms with E-state index in [9.17, 15) is 4.79 Å². The Hall–Kier alpha value is -1.57. The third-order valence-corrected chi connectivity index (χ3v) is 1.76. The third-order valence-electron chi connectivity index (χ3n) is 1.76. The molecule has 73 valence electrons. The minimum Gasteiger partial charge on any atom is -0.322 e. The second kappa shape index (κ2) is 4.61. The van der Waals surface area contributed by atoms with Gasteiger partial charge in [0.05, 0.1) is 0 Å². The first-order valence-corrected chi connectivity index (χ1v) is 4.52. The number of aryl methyl sites for hydroxylation is 1. The molecule has 0 aliphatic carbocycles. The summed E-state index contributed by atoms with van der Waals surface area (Å²) >= 11 is 0. The van der Waals surface area contributed by atoms with E-state index < -0.39 is 0 Å². The van der Waals surface area contributed by atoms with Gasteiger partial charge in [0.1, 0.15) is 0 Å². The van der Waals surface area contributed by atoms with E-state index in [1.807, 2.05) is 32.9 Å². The minimum absolute atomic E-state index is 0.0901. The van der Waals surface area contributed by atoms with Crippen molar-refractivity contribution in [1.29, 1.82) is 0 Å². The number of carbonyl (C=O) groups excluding carboxylic acids is 1. The molecular formula is C12H14NO. The van der Waals surface area contributed by atoms with Crippen LogP contribution < -0.4 is 5.32 Å². The Labute approximate surface area is 84.6 Å². The van der Waals surface area contributed by atoms with E-state index in [1.54, 1.807) is 12.1 Å². The van der Waals surface area contributed by atoms with E-state index in [-0.39, 0.29) is 5.91 Å². The summed E-state index contributed by atoms with van der Waals surface area (Å²) in [6.07, 6.45) is 1.58. The van der Waals surface area contributed by atoms with Gasteiger partial charge in [-0.25, -0.2) is 0 Å². The van der Waals surface area contributed by atoms with Crippen LogP contribution in [0.5, 0.6) is 0 Å². The molecule has 1 N–H and O–H groups in total. The maximum absolute atomic E-state index is 11.4. The van der Waals surface area contributed by atoms with Crippen molar-refractivity contribution in [3.05, 3.63) is 41.5 Å². The van der Waals surface area contributed by atoms with Crippen molar-refractivity contribution in [1.82, 2.24) is 0 Å². The lowest BCUT2D eigenvalue weighted by Gasteiger charge is -2.05. The molecule has 2 heteroatoms. The van der Waals surface area contributed by atoms with Crippen LogP contribution in [-0.4, -0.2) is 5.91 Å². The Bertz CT molecular complexity index is 362. The number of nitrogens with one attached hydrogen (secondary N) is 1. The molecule has 0 atom stereocenters. The molecule has 14 heavy (non-hydrogen) atoms. The van der Waals surface area contributed by atoms with Crippen LogP contribution in [-0.2, 0) is 4.79 Å². The lowest BCUT2D eigenvalue weighted by atomic mass is 10.2. The monoisotopic (exact) mass is 188 g/mol. The smallest absolute Gasteiger partial charge is 0.248 e. The fourth-order valence-corrected chi connectivity index (χ4v) is 1.07. The van der Waals surface area contributed by atoms with E-state index in [1.165, 1.54) is 0 Å². The summed E-state index contributed by atoms with van der Waals surface area (Å²) in [6, 6.07) is 8.44. The Kier molecular flexibility index (Phi) is 3.46. The van der Waals surface area contributed by atoms with Gasteiger partial charge in [-0.15, -0.1) is 0 Å². The first kappa shape index (κ1) is 10.5. The Morgan fingerprint density at radius 1 is 1.50 bits per heavy atom. The summed E-state index contributed by atoms with van der Waals surface area (Å²) in [4.78, 5) is 11.4. The van der Waals surface area contributed by atoms with Crippen molar-refractivity contribution in [3.63, 3.8) is 0 Å². The number of carbonyl (C=O) groups is 1. The van der Waals surface area contributed by atoms with Gasteiger partial charge < -0.3 is 5.32 Å². The zero-order valence-corrected chi connectivity index (χ0v) is 8.72. The molecule has 1 radical (unpaired) electrons. The van der Waals surface area contributed by atoms with E-state index in [0.29, 0.717) is 0 Å². The highest BCUT2D eigenvalue weighted by atomic mass is 16.1. The second-order valence-electron chi connectivity index (χ2n) is 3.45. The van der Waals surface area contributed by atoms with Gasteiger partial charge in [0.15, 0.2) is 0 Å². The summed E-state index contributed by atoms with van der Waals surface area (Å²) in [5.41, 5.74) is 2.84. The molecule has 0 aliphatic heterocycles. The van der Waals surface area contributed by atoms with Gasteiger partial charge in [-0.2, -0.15) is 0 Å². The zero-order chi connectivity index (χ0) is 10.6. The largest absolute Gasteiger partial charge is 0.322 e. The van der Waals surface area contributed by atoms with Crippen LogP contribution in [0.2, 0.25) is 0 Å². The van der Waals surface area contributed by atoms with E-state index >= 15 is 0 Å². The van der Waals surface area contributed by atoms with E-state index in [4.69, 9.17) is 0 Å². The maximum Gasteiger partial charge on any atom is 0.248 e. The summed E-state index contributed by atoms with van der Waals surface area (Å²) in [7, 11) is 0. The lowest BCUT2D eigenvalue weighted by Crippen LogP contribution is -2.09. The second-order valence-corrected chi connectivity index (χ2v) is 3.45. The number of rotatable bonds is 2. The summed E-state index contributed by atoms with van der Waals surface area (Å²) in [5.74, 6) is -0.0901. The predicted octanol–water partition coefficient (Wildman–Crippen LogP) is 2.70. The van der Waals surface area contributed by atoms with Crippen LogP contribution in [0.1, 0.15) is 19.4 Å². The van der Waals surface area contributed by atoms with Crippen molar-refractivity contribution in [2.75, 3.05) is 5.32 Å². The fourth-order valence-electron chi connectivity index (χ4n) is 1.07. The quantitative estimate of drug-likeness (QED) is 0.710. The molecule has 1 aromatic rings. The molecule has 0 spiro atoms. The van der Waals surface area contributed by atoms with Crippen LogP contribution in [0.3, 0.4) is 0 Å². The van der Waals surface area contributed by atoms with Crippen molar-refractivity contribution in [2.24, 2.45) is 0 Å². The summed E-state index contributed by atoms with van der Waals surface area (Å²) < 4.78 is 0. The van der Waals surface area contributed by atoms with Crippen molar-refractivity contribution in [2.45, 2.75) is 20.8 Å². The summed E-state index contributed by atoms with van der Waals surface area (Å²) in [6.45, 7) is 5.74. The molecule has 1 aromatic carbocycles. The molecular weight excluding hydrogens is 174 g/mol. The number of amides is 1. The molecule has 1 amide bonds. The summed E-state index contributed by atoms with van der Waals surface area (Å²) in [5, 5.41) is 2.79. The van der Waals surface area contributed by atoms with Gasteiger partial charge in [0.25, 0.3) is 0 Å². The third kappa shape index (κ3) is 3.05. The SMILES string of the molecule is CC(C)=CC(=O)Nc1c[c]ccc1C. The molecule has 0 aromatic heterocycles. The van der Waals surface area contributed by atoms with Crippen molar-refractivity contribution < 1.29 is 4.79 Å². The molecule has 0 aliphatic rings. The minimum atomic E-state index is -0.0901. The maximum atomic E-state index is 11.4. The number of hydrogen-bond acceptors (Lipinski definition) is 1. The highest BCUT2D eigenvalue weighted by molar-refractivity contribution is 6.00. The van der Waals surface area contributed by atoms with E-state index in [0.717, 1.165) is 16.8 Å². The Morgan fingerprint density at radius 3 is 2.79 bits per heavy atom. The van der Waals surface area contributed by atoms with Gasteiger partial charge in [0, 0.05) is 11.8 Å². The average Bonchev–Trinajstić information content (AvgIpc) is 2.07.